The van der Waals surface area contributed by atoms with Crippen LogP contribution in [0.4, 0.5) is 0 Å². The molecule has 0 radical (unpaired) electrons. The minimum Gasteiger partial charge on any atom is -0.213 e. The van der Waals surface area contributed by atoms with Gasteiger partial charge in [-0.25, -0.2) is 25.3 Å². The van der Waals surface area contributed by atoms with Crippen LogP contribution in [0, 0.1) is 0 Å². The Kier molecular flexibility index (Phi) is 12.8. The fourth-order valence-electron chi connectivity index (χ4n) is 0. The fraction of sp³-hybridized carbons (Fsp3) is 1.00. The van der Waals surface area contributed by atoms with Gasteiger partial charge in [-0.1, -0.05) is 34.8 Å². The molecule has 0 amide bonds. The van der Waals surface area contributed by atoms with Crippen molar-refractivity contribution in [1.29, 1.82) is 0 Å². The molecule has 0 aliphatic heterocycles. The van der Waals surface area contributed by atoms with Gasteiger partial charge < -0.3 is 0 Å². The highest BCUT2D eigenvalue weighted by Gasteiger charge is 2.35. The maximum atomic E-state index is 10.1. The average molecular weight is 475 g/mol. The smallest absolute Gasteiger partial charge is 0.213 e. The Morgan fingerprint density at radius 3 is 0.900 bits per heavy atom. The summed E-state index contributed by atoms with van der Waals surface area (Å²) in [5.41, 5.74) is 0. The van der Waals surface area contributed by atoms with E-state index < -0.39 is 35.5 Å². The summed E-state index contributed by atoms with van der Waals surface area (Å²) in [5.74, 6) is 0. The molecule has 0 spiro atoms. The Balaban J connectivity index is -0.000000223. The Hall–Kier alpha value is 1.59. The number of halogens is 6. The number of alkyl halides is 3. The third-order valence-electron chi connectivity index (χ3n) is 0.840. The molecule has 0 rings (SSSR count). The molecule has 0 aliphatic rings. The van der Waals surface area contributed by atoms with E-state index in [9.17, 15) is 25.3 Å². The van der Waals surface area contributed by atoms with Crippen LogP contribution >= 0.6 is 66.8 Å². The van der Waals surface area contributed by atoms with Crippen molar-refractivity contribution in [2.24, 2.45) is 0 Å². The quantitative estimate of drug-likeness (QED) is 0.427. The Bertz CT molecular complexity index is 563. The summed E-state index contributed by atoms with van der Waals surface area (Å²) in [4.78, 5) is 0. The van der Waals surface area contributed by atoms with Crippen molar-refractivity contribution in [3.63, 3.8) is 0 Å². The standard InChI is InChI=1S/C3H7ClO2S.CCl4O2S.CH3ClO2S/c1-3(2)7(4,5)6;2-1(3,4)8(5,6)7;1-5(2,3)4/h3H,1-2H3;;1H3. The molecule has 0 fully saturated rings. The molecule has 0 saturated carbocycles. The highest BCUT2D eigenvalue weighted by molar-refractivity contribution is 8.17. The van der Waals surface area contributed by atoms with Gasteiger partial charge >= 0.3 is 3.12 Å². The van der Waals surface area contributed by atoms with Gasteiger partial charge in [-0.15, -0.1) is 0 Å². The van der Waals surface area contributed by atoms with Crippen LogP contribution in [0.15, 0.2) is 0 Å². The lowest BCUT2D eigenvalue weighted by molar-refractivity contribution is 0.601. The van der Waals surface area contributed by atoms with Gasteiger partial charge in [-0.05, 0) is 13.8 Å². The van der Waals surface area contributed by atoms with Gasteiger partial charge in [0.2, 0.25) is 18.1 Å². The van der Waals surface area contributed by atoms with Crippen LogP contribution in [0.1, 0.15) is 13.8 Å². The molecule has 0 aliphatic carbocycles. The third-order valence-corrected chi connectivity index (χ3v) is 6.82. The first-order valence-corrected chi connectivity index (χ1v) is 12.6. The van der Waals surface area contributed by atoms with E-state index in [-0.39, 0.29) is 0 Å². The van der Waals surface area contributed by atoms with Crippen molar-refractivity contribution in [3.8, 4) is 0 Å². The summed E-state index contributed by atoms with van der Waals surface area (Å²) >= 11 is 14.5. The molecule has 0 N–H and O–H groups in total. The second kappa shape index (κ2) is 9.67. The van der Waals surface area contributed by atoms with E-state index >= 15 is 0 Å². The van der Waals surface area contributed by atoms with Crippen LogP contribution in [-0.2, 0) is 27.2 Å². The molecule has 0 unspecified atom stereocenters. The Morgan fingerprint density at radius 1 is 0.800 bits per heavy atom. The van der Waals surface area contributed by atoms with Crippen molar-refractivity contribution in [1.82, 2.24) is 0 Å². The van der Waals surface area contributed by atoms with E-state index in [1.54, 1.807) is 0 Å². The zero-order valence-electron chi connectivity index (χ0n) is 10.0. The van der Waals surface area contributed by atoms with Gasteiger partial charge in [-0.3, -0.25) is 0 Å². The normalized spacial score (nSPS) is 12.9. The van der Waals surface area contributed by atoms with Crippen molar-refractivity contribution in [3.05, 3.63) is 0 Å². The minimum absolute atomic E-state index is 0.464. The van der Waals surface area contributed by atoms with Crippen molar-refractivity contribution in [2.75, 3.05) is 6.26 Å². The lowest BCUT2D eigenvalue weighted by Gasteiger charge is -2.02. The lowest BCUT2D eigenvalue weighted by Crippen LogP contribution is -2.11. The highest BCUT2D eigenvalue weighted by Crippen LogP contribution is 2.35. The molecule has 0 saturated heterocycles. The van der Waals surface area contributed by atoms with Gasteiger partial charge in [0.15, 0.2) is 0 Å². The van der Waals surface area contributed by atoms with E-state index in [0.29, 0.717) is 0 Å². The molecule has 0 atom stereocenters. The maximum Gasteiger partial charge on any atom is 0.307 e. The average Bonchev–Trinajstić information content (AvgIpc) is 1.94. The van der Waals surface area contributed by atoms with Crippen molar-refractivity contribution < 1.29 is 25.3 Å². The molecule has 0 aromatic rings. The van der Waals surface area contributed by atoms with Crippen LogP contribution in [0.5, 0.6) is 0 Å². The van der Waals surface area contributed by atoms with Crippen molar-refractivity contribution >= 4 is 94.0 Å². The summed E-state index contributed by atoms with van der Waals surface area (Å²) in [6.45, 7) is 3.06. The molecule has 0 aromatic heterocycles. The monoisotopic (exact) mass is 472 g/mol. The molecular weight excluding hydrogens is 465 g/mol. The second-order valence-electron chi connectivity index (χ2n) is 3.09. The number of rotatable bonds is 1. The predicted molar refractivity (Wildman–Crippen MR) is 85.7 cm³/mol. The molecule has 0 bridgehead atoms. The zero-order chi connectivity index (χ0) is 17.6. The summed E-state index contributed by atoms with van der Waals surface area (Å²) in [7, 11) is 3.39. The molecule has 0 heterocycles. The van der Waals surface area contributed by atoms with Crippen LogP contribution in [0.25, 0.3) is 0 Å². The first-order chi connectivity index (χ1) is 8.19. The summed E-state index contributed by atoms with van der Waals surface area (Å²) in [6.07, 6.45) is 0.925. The first kappa shape index (κ1) is 26.5. The molecule has 15 heteroatoms. The zero-order valence-corrected chi connectivity index (χ0v) is 17.0. The molecule has 0 aromatic carbocycles. The number of hydrogen-bond donors (Lipinski definition) is 0. The van der Waals surface area contributed by atoms with E-state index in [2.05, 4.69) is 21.4 Å². The van der Waals surface area contributed by atoms with Gasteiger partial charge in [0.25, 0.3) is 9.05 Å². The first-order valence-electron chi connectivity index (χ1n) is 4.03. The third kappa shape index (κ3) is 24.6. The second-order valence-corrected chi connectivity index (χ2v) is 15.0. The Labute approximate surface area is 146 Å². The lowest BCUT2D eigenvalue weighted by atomic mass is 10.6. The molecule has 20 heavy (non-hydrogen) atoms. The molecule has 126 valence electrons. The summed E-state index contributed by atoms with van der Waals surface area (Å²) < 4.78 is 56.6. The van der Waals surface area contributed by atoms with Gasteiger partial charge in [-0.2, -0.15) is 0 Å². The fourth-order valence-corrected chi connectivity index (χ4v) is 0. The van der Waals surface area contributed by atoms with Crippen LogP contribution in [-0.4, -0.2) is 39.9 Å². The topological polar surface area (TPSA) is 102 Å². The van der Waals surface area contributed by atoms with Gasteiger partial charge in [0.1, 0.15) is 0 Å². The molecule has 6 nitrogen and oxygen atoms in total. The largest absolute Gasteiger partial charge is 0.307 e. The minimum atomic E-state index is -4.07. The summed E-state index contributed by atoms with van der Waals surface area (Å²) in [5, 5.41) is -0.464. The van der Waals surface area contributed by atoms with E-state index in [1.807, 2.05) is 0 Å². The van der Waals surface area contributed by atoms with Crippen LogP contribution < -0.4 is 0 Å². The Morgan fingerprint density at radius 2 is 0.900 bits per heavy atom. The van der Waals surface area contributed by atoms with Crippen LogP contribution in [0.2, 0.25) is 0 Å². The molecular formula is C5H10Cl6O6S3. The van der Waals surface area contributed by atoms with Crippen molar-refractivity contribution in [2.45, 2.75) is 22.2 Å². The van der Waals surface area contributed by atoms with Crippen LogP contribution in [0.3, 0.4) is 0 Å². The van der Waals surface area contributed by atoms with E-state index in [4.69, 9.17) is 45.5 Å². The highest BCUT2D eigenvalue weighted by atomic mass is 35.7. The SMILES string of the molecule is CC(C)S(=O)(=O)Cl.CS(=O)(=O)Cl.O=S(=O)(Cl)C(Cl)(Cl)Cl. The maximum absolute atomic E-state index is 10.1. The van der Waals surface area contributed by atoms with E-state index in [1.165, 1.54) is 13.8 Å². The van der Waals surface area contributed by atoms with Gasteiger partial charge in [0.05, 0.1) is 11.5 Å². The van der Waals surface area contributed by atoms with Gasteiger partial charge in [0, 0.05) is 32.0 Å². The number of hydrogen-bond acceptors (Lipinski definition) is 6. The summed E-state index contributed by atoms with van der Waals surface area (Å²) in [6, 6.07) is 0. The predicted octanol–water partition coefficient (Wildman–Crippen LogP) is 3.03. The van der Waals surface area contributed by atoms with E-state index in [0.717, 1.165) is 6.26 Å².